The van der Waals surface area contributed by atoms with Gasteiger partial charge in [0.15, 0.2) is 0 Å². The van der Waals surface area contributed by atoms with Gasteiger partial charge in [-0.3, -0.25) is 0 Å². The summed E-state index contributed by atoms with van der Waals surface area (Å²) in [5.74, 6) is 1.52. The monoisotopic (exact) mass is 300 g/mol. The molecule has 0 saturated heterocycles. The first-order valence-electron chi connectivity index (χ1n) is 6.55. The predicted octanol–water partition coefficient (Wildman–Crippen LogP) is 3.09. The molecule has 108 valence electrons. The van der Waals surface area contributed by atoms with Crippen molar-refractivity contribution < 1.29 is 4.74 Å². The van der Waals surface area contributed by atoms with Crippen LogP contribution in [0.2, 0.25) is 0 Å². The molecule has 3 heterocycles. The van der Waals surface area contributed by atoms with Gasteiger partial charge in [0, 0.05) is 30.5 Å². The Balaban J connectivity index is 1.99. The van der Waals surface area contributed by atoms with Crippen molar-refractivity contribution in [2.45, 2.75) is 6.04 Å². The number of nitrogens with one attached hydrogen (secondary N) is 1. The molecule has 0 aromatic carbocycles. The van der Waals surface area contributed by atoms with Crippen LogP contribution in [0.25, 0.3) is 0 Å². The highest BCUT2D eigenvalue weighted by Crippen LogP contribution is 2.31. The van der Waals surface area contributed by atoms with Gasteiger partial charge in [-0.2, -0.15) is 0 Å². The molecule has 0 aliphatic rings. The molecule has 0 amide bonds. The minimum atomic E-state index is -0.0388. The van der Waals surface area contributed by atoms with E-state index >= 15 is 0 Å². The number of thiophene rings is 1. The number of nitrogens with zero attached hydrogens (tertiary/aromatic N) is 3. The van der Waals surface area contributed by atoms with Gasteiger partial charge in [0.2, 0.25) is 5.88 Å². The van der Waals surface area contributed by atoms with Crippen LogP contribution in [0.5, 0.6) is 5.88 Å². The second kappa shape index (κ2) is 5.97. The highest BCUT2D eigenvalue weighted by atomic mass is 32.1. The van der Waals surface area contributed by atoms with Crippen molar-refractivity contribution in [2.24, 2.45) is 7.05 Å². The number of hydrogen-bond acceptors (Lipinski definition) is 5. The first kappa shape index (κ1) is 13.6. The normalized spacial score (nSPS) is 12.1. The van der Waals surface area contributed by atoms with Gasteiger partial charge in [-0.05, 0) is 23.6 Å². The molecule has 0 fully saturated rings. The molecule has 0 aliphatic carbocycles. The molecule has 5 nitrogen and oxygen atoms in total. The molecule has 3 rings (SSSR count). The number of hydrogen-bond donors (Lipinski definition) is 1. The van der Waals surface area contributed by atoms with Crippen LogP contribution >= 0.6 is 11.3 Å². The van der Waals surface area contributed by atoms with Crippen LogP contribution in [0.3, 0.4) is 0 Å². The van der Waals surface area contributed by atoms with Gasteiger partial charge in [-0.25, -0.2) is 9.97 Å². The van der Waals surface area contributed by atoms with E-state index in [1.807, 2.05) is 36.0 Å². The number of ether oxygens (including phenoxy) is 1. The number of rotatable bonds is 5. The molecule has 0 bridgehead atoms. The zero-order valence-electron chi connectivity index (χ0n) is 11.9. The van der Waals surface area contributed by atoms with Gasteiger partial charge < -0.3 is 14.6 Å². The summed E-state index contributed by atoms with van der Waals surface area (Å²) >= 11 is 1.69. The summed E-state index contributed by atoms with van der Waals surface area (Å²) in [4.78, 5) is 9.89. The van der Waals surface area contributed by atoms with E-state index in [2.05, 4.69) is 26.7 Å². The molecule has 0 spiro atoms. The summed E-state index contributed by atoms with van der Waals surface area (Å²) in [7, 11) is 3.61. The fourth-order valence-electron chi connectivity index (χ4n) is 2.19. The average molecular weight is 300 g/mol. The van der Waals surface area contributed by atoms with Crippen LogP contribution < -0.4 is 10.1 Å². The van der Waals surface area contributed by atoms with Crippen molar-refractivity contribution in [3.8, 4) is 5.88 Å². The first-order chi connectivity index (χ1) is 10.3. The molecule has 3 aromatic rings. The smallest absolute Gasteiger partial charge is 0.237 e. The number of pyridine rings is 1. The molecule has 0 aliphatic heterocycles. The third kappa shape index (κ3) is 2.75. The third-order valence-electron chi connectivity index (χ3n) is 3.21. The van der Waals surface area contributed by atoms with Gasteiger partial charge in [0.05, 0.1) is 12.8 Å². The number of aryl methyl sites for hydroxylation is 1. The maximum Gasteiger partial charge on any atom is 0.237 e. The van der Waals surface area contributed by atoms with Crippen LogP contribution in [0.15, 0.2) is 48.2 Å². The molecule has 1 N–H and O–H groups in total. The fraction of sp³-hybridized carbons (Fsp3) is 0.200. The van der Waals surface area contributed by atoms with E-state index in [9.17, 15) is 0 Å². The van der Waals surface area contributed by atoms with E-state index in [1.165, 1.54) is 4.88 Å². The number of imidazole rings is 1. The Morgan fingerprint density at radius 3 is 2.81 bits per heavy atom. The molecule has 3 aromatic heterocycles. The Morgan fingerprint density at radius 1 is 1.24 bits per heavy atom. The molecular weight excluding hydrogens is 284 g/mol. The molecule has 0 radical (unpaired) electrons. The lowest BCUT2D eigenvalue weighted by Gasteiger charge is -2.19. The fourth-order valence-corrected chi connectivity index (χ4v) is 2.96. The number of anilines is 1. The molecule has 1 unspecified atom stereocenters. The van der Waals surface area contributed by atoms with E-state index in [1.54, 1.807) is 30.8 Å². The highest BCUT2D eigenvalue weighted by molar-refractivity contribution is 7.10. The summed E-state index contributed by atoms with van der Waals surface area (Å²) < 4.78 is 7.33. The zero-order chi connectivity index (χ0) is 14.7. The van der Waals surface area contributed by atoms with Crippen molar-refractivity contribution in [3.63, 3.8) is 0 Å². The lowest BCUT2D eigenvalue weighted by molar-refractivity contribution is 0.399. The lowest BCUT2D eigenvalue weighted by Crippen LogP contribution is -2.16. The van der Waals surface area contributed by atoms with Gasteiger partial charge in [-0.1, -0.05) is 6.07 Å². The Hall–Kier alpha value is -2.34. The van der Waals surface area contributed by atoms with Crippen LogP contribution in [0, 0.1) is 0 Å². The average Bonchev–Trinajstić information content (AvgIpc) is 3.17. The summed E-state index contributed by atoms with van der Waals surface area (Å²) in [5, 5.41) is 5.55. The zero-order valence-corrected chi connectivity index (χ0v) is 12.7. The number of aromatic nitrogens is 3. The standard InChI is InChI=1S/C15H16N4OS/c1-19-9-8-16-14(19)13(12-6-4-10-21-12)18-11-5-3-7-17-15(11)20-2/h3-10,13,18H,1-2H3. The quantitative estimate of drug-likeness (QED) is 0.786. The van der Waals surface area contributed by atoms with E-state index in [-0.39, 0.29) is 6.04 Å². The second-order valence-corrected chi connectivity index (χ2v) is 5.53. The Kier molecular flexibility index (Phi) is 3.87. The van der Waals surface area contributed by atoms with Crippen molar-refractivity contribution in [1.29, 1.82) is 0 Å². The molecule has 6 heteroatoms. The molecule has 0 saturated carbocycles. The van der Waals surface area contributed by atoms with Crippen molar-refractivity contribution >= 4 is 17.0 Å². The summed E-state index contributed by atoms with van der Waals surface area (Å²) in [5.41, 5.74) is 0.849. The molecular formula is C15H16N4OS. The maximum atomic E-state index is 5.31. The van der Waals surface area contributed by atoms with Crippen LogP contribution in [0.4, 0.5) is 5.69 Å². The summed E-state index contributed by atoms with van der Waals surface area (Å²) in [6, 6.07) is 7.94. The van der Waals surface area contributed by atoms with Crippen LogP contribution in [-0.2, 0) is 7.05 Å². The Bertz CT molecular complexity index is 708. The van der Waals surface area contributed by atoms with Crippen molar-refractivity contribution in [2.75, 3.05) is 12.4 Å². The third-order valence-corrected chi connectivity index (χ3v) is 4.15. The number of methoxy groups -OCH3 is 1. The molecule has 1 atom stereocenters. The minimum Gasteiger partial charge on any atom is -0.480 e. The van der Waals surface area contributed by atoms with E-state index in [0.717, 1.165) is 11.5 Å². The molecule has 21 heavy (non-hydrogen) atoms. The summed E-state index contributed by atoms with van der Waals surface area (Å²) in [6.45, 7) is 0. The van der Waals surface area contributed by atoms with E-state index in [0.29, 0.717) is 5.88 Å². The minimum absolute atomic E-state index is 0.0388. The first-order valence-corrected chi connectivity index (χ1v) is 7.43. The Morgan fingerprint density at radius 2 is 2.14 bits per heavy atom. The Labute approximate surface area is 127 Å². The van der Waals surface area contributed by atoms with E-state index in [4.69, 9.17) is 4.74 Å². The van der Waals surface area contributed by atoms with Gasteiger partial charge in [-0.15, -0.1) is 11.3 Å². The van der Waals surface area contributed by atoms with Gasteiger partial charge >= 0.3 is 0 Å². The predicted molar refractivity (Wildman–Crippen MR) is 83.8 cm³/mol. The van der Waals surface area contributed by atoms with Gasteiger partial charge in [0.1, 0.15) is 11.9 Å². The maximum absolute atomic E-state index is 5.31. The largest absolute Gasteiger partial charge is 0.480 e. The van der Waals surface area contributed by atoms with E-state index < -0.39 is 0 Å². The van der Waals surface area contributed by atoms with Crippen LogP contribution in [0.1, 0.15) is 16.7 Å². The second-order valence-electron chi connectivity index (χ2n) is 4.55. The summed E-state index contributed by atoms with van der Waals surface area (Å²) in [6.07, 6.45) is 5.46. The lowest BCUT2D eigenvalue weighted by atomic mass is 10.2. The highest BCUT2D eigenvalue weighted by Gasteiger charge is 2.20. The van der Waals surface area contributed by atoms with Crippen molar-refractivity contribution in [1.82, 2.24) is 14.5 Å². The van der Waals surface area contributed by atoms with Gasteiger partial charge in [0.25, 0.3) is 0 Å². The SMILES string of the molecule is COc1ncccc1NC(c1cccs1)c1nccn1C. The van der Waals surface area contributed by atoms with Crippen LogP contribution in [-0.4, -0.2) is 21.6 Å². The topological polar surface area (TPSA) is 52.0 Å². The van der Waals surface area contributed by atoms with Crippen molar-refractivity contribution in [3.05, 3.63) is 58.9 Å².